The normalized spacial score (nSPS) is 25.4. The van der Waals surface area contributed by atoms with Gasteiger partial charge >= 0.3 is 5.97 Å². The van der Waals surface area contributed by atoms with Crippen LogP contribution in [0.3, 0.4) is 0 Å². The second-order valence-corrected chi connectivity index (χ2v) is 5.38. The SMILES string of the molecule is CCOC(=O)C1NC(=O)CC1(C)c1ccc(F)c(Cl)c1. The Morgan fingerprint density at radius 1 is 1.60 bits per heavy atom. The van der Waals surface area contributed by atoms with Crippen LogP contribution in [0.2, 0.25) is 5.02 Å². The van der Waals surface area contributed by atoms with Crippen LogP contribution in [0.4, 0.5) is 4.39 Å². The Morgan fingerprint density at radius 2 is 2.30 bits per heavy atom. The fourth-order valence-electron chi connectivity index (χ4n) is 2.47. The fraction of sp³-hybridized carbons (Fsp3) is 0.429. The van der Waals surface area contributed by atoms with E-state index in [4.69, 9.17) is 16.3 Å². The Bertz CT molecular complexity index is 563. The van der Waals surface area contributed by atoms with E-state index in [-0.39, 0.29) is 24.0 Å². The first-order valence-electron chi connectivity index (χ1n) is 6.30. The van der Waals surface area contributed by atoms with Gasteiger partial charge in [0.2, 0.25) is 5.91 Å². The molecule has 0 bridgehead atoms. The van der Waals surface area contributed by atoms with Crippen LogP contribution < -0.4 is 5.32 Å². The minimum atomic E-state index is -0.805. The van der Waals surface area contributed by atoms with Crippen LogP contribution in [0.15, 0.2) is 18.2 Å². The molecule has 0 radical (unpaired) electrons. The largest absolute Gasteiger partial charge is 0.464 e. The van der Waals surface area contributed by atoms with E-state index in [1.54, 1.807) is 13.8 Å². The minimum absolute atomic E-state index is 0.0364. The summed E-state index contributed by atoms with van der Waals surface area (Å²) in [7, 11) is 0. The quantitative estimate of drug-likeness (QED) is 0.871. The molecular weight excluding hydrogens is 285 g/mol. The lowest BCUT2D eigenvalue weighted by molar-refractivity contribution is -0.147. The Kier molecular flexibility index (Phi) is 3.99. The van der Waals surface area contributed by atoms with Crippen molar-refractivity contribution in [2.24, 2.45) is 0 Å². The molecule has 1 saturated heterocycles. The molecule has 0 spiro atoms. The second kappa shape index (κ2) is 5.40. The highest BCUT2D eigenvalue weighted by Crippen LogP contribution is 2.37. The molecule has 2 atom stereocenters. The van der Waals surface area contributed by atoms with Crippen molar-refractivity contribution in [1.29, 1.82) is 0 Å². The summed E-state index contributed by atoms with van der Waals surface area (Å²) in [6, 6.07) is 3.42. The van der Waals surface area contributed by atoms with E-state index in [9.17, 15) is 14.0 Å². The lowest BCUT2D eigenvalue weighted by Gasteiger charge is -2.29. The van der Waals surface area contributed by atoms with Crippen molar-refractivity contribution in [3.63, 3.8) is 0 Å². The third-order valence-corrected chi connectivity index (χ3v) is 3.86. The lowest BCUT2D eigenvalue weighted by atomic mass is 9.76. The van der Waals surface area contributed by atoms with Crippen LogP contribution in [0.1, 0.15) is 25.8 Å². The molecule has 1 N–H and O–H groups in total. The van der Waals surface area contributed by atoms with Crippen molar-refractivity contribution in [2.75, 3.05) is 6.61 Å². The first kappa shape index (κ1) is 14.8. The van der Waals surface area contributed by atoms with Crippen molar-refractivity contribution < 1.29 is 18.7 Å². The summed E-state index contributed by atoms with van der Waals surface area (Å²) in [6.45, 7) is 3.68. The molecule has 0 saturated carbocycles. The van der Waals surface area contributed by atoms with Crippen molar-refractivity contribution in [2.45, 2.75) is 31.7 Å². The molecule has 1 aromatic rings. The van der Waals surface area contributed by atoms with Gasteiger partial charge in [-0.25, -0.2) is 9.18 Å². The van der Waals surface area contributed by atoms with Gasteiger partial charge in [-0.15, -0.1) is 0 Å². The van der Waals surface area contributed by atoms with Gasteiger partial charge in [0.05, 0.1) is 11.6 Å². The number of amides is 1. The number of carbonyl (C=O) groups is 2. The third-order valence-electron chi connectivity index (χ3n) is 3.57. The first-order chi connectivity index (χ1) is 9.38. The maximum atomic E-state index is 13.3. The number of rotatable bonds is 3. The molecule has 2 rings (SSSR count). The predicted octanol–water partition coefficient (Wildman–Crippen LogP) is 2.19. The Labute approximate surface area is 121 Å². The molecule has 4 nitrogen and oxygen atoms in total. The molecule has 1 heterocycles. The van der Waals surface area contributed by atoms with Gasteiger partial charge in [-0.2, -0.15) is 0 Å². The van der Waals surface area contributed by atoms with Crippen LogP contribution in [-0.2, 0) is 19.7 Å². The second-order valence-electron chi connectivity index (χ2n) is 4.98. The van der Waals surface area contributed by atoms with Gasteiger partial charge in [-0.3, -0.25) is 4.79 Å². The maximum absolute atomic E-state index is 13.3. The lowest BCUT2D eigenvalue weighted by Crippen LogP contribution is -2.45. The zero-order valence-corrected chi connectivity index (χ0v) is 12.0. The average molecular weight is 300 g/mol. The number of nitrogens with one attached hydrogen (secondary N) is 1. The monoisotopic (exact) mass is 299 g/mol. The van der Waals surface area contributed by atoms with Crippen molar-refractivity contribution in [3.8, 4) is 0 Å². The summed E-state index contributed by atoms with van der Waals surface area (Å²) in [4.78, 5) is 23.7. The summed E-state index contributed by atoms with van der Waals surface area (Å²) in [5, 5.41) is 2.57. The van der Waals surface area contributed by atoms with Gasteiger partial charge in [0.25, 0.3) is 0 Å². The van der Waals surface area contributed by atoms with Crippen molar-refractivity contribution in [3.05, 3.63) is 34.6 Å². The standard InChI is InChI=1S/C14H15ClFNO3/c1-3-20-13(19)12-14(2,7-11(18)17-12)8-4-5-10(16)9(15)6-8/h4-6,12H,3,7H2,1-2H3,(H,17,18). The zero-order chi connectivity index (χ0) is 14.9. The van der Waals surface area contributed by atoms with Crippen molar-refractivity contribution >= 4 is 23.5 Å². The van der Waals surface area contributed by atoms with Gasteiger partial charge in [0, 0.05) is 11.8 Å². The Hall–Kier alpha value is -1.62. The zero-order valence-electron chi connectivity index (χ0n) is 11.2. The summed E-state index contributed by atoms with van der Waals surface area (Å²) in [6.07, 6.45) is 0.123. The van der Waals surface area contributed by atoms with Gasteiger partial charge < -0.3 is 10.1 Å². The Balaban J connectivity index is 2.41. The van der Waals surface area contributed by atoms with Crippen LogP contribution in [0.25, 0.3) is 0 Å². The first-order valence-corrected chi connectivity index (χ1v) is 6.68. The van der Waals surface area contributed by atoms with E-state index in [0.29, 0.717) is 5.56 Å². The van der Waals surface area contributed by atoms with E-state index >= 15 is 0 Å². The molecule has 20 heavy (non-hydrogen) atoms. The van der Waals surface area contributed by atoms with Gasteiger partial charge in [-0.1, -0.05) is 24.6 Å². The van der Waals surface area contributed by atoms with Crippen LogP contribution in [0.5, 0.6) is 0 Å². The number of carbonyl (C=O) groups excluding carboxylic acids is 2. The highest BCUT2D eigenvalue weighted by Gasteiger charge is 2.49. The molecule has 2 unspecified atom stereocenters. The van der Waals surface area contributed by atoms with Gasteiger partial charge in [0.1, 0.15) is 11.9 Å². The molecule has 0 aliphatic carbocycles. The highest BCUT2D eigenvalue weighted by atomic mass is 35.5. The van der Waals surface area contributed by atoms with Gasteiger partial charge in [-0.05, 0) is 24.6 Å². The average Bonchev–Trinajstić information content (AvgIpc) is 2.69. The summed E-state index contributed by atoms with van der Waals surface area (Å²) >= 11 is 5.78. The number of benzene rings is 1. The highest BCUT2D eigenvalue weighted by molar-refractivity contribution is 6.30. The van der Waals surface area contributed by atoms with E-state index in [1.807, 2.05) is 0 Å². The van der Waals surface area contributed by atoms with E-state index < -0.39 is 23.2 Å². The van der Waals surface area contributed by atoms with Crippen LogP contribution in [-0.4, -0.2) is 24.5 Å². The van der Waals surface area contributed by atoms with E-state index in [2.05, 4.69) is 5.32 Å². The van der Waals surface area contributed by atoms with Crippen LogP contribution >= 0.6 is 11.6 Å². The summed E-state index contributed by atoms with van der Waals surface area (Å²) in [5.74, 6) is -1.28. The number of esters is 1. The Morgan fingerprint density at radius 3 is 2.90 bits per heavy atom. The topological polar surface area (TPSA) is 55.4 Å². The summed E-state index contributed by atoms with van der Waals surface area (Å²) < 4.78 is 18.2. The predicted molar refractivity (Wildman–Crippen MR) is 71.9 cm³/mol. The van der Waals surface area contributed by atoms with Crippen molar-refractivity contribution in [1.82, 2.24) is 5.32 Å². The number of halogens is 2. The molecule has 6 heteroatoms. The minimum Gasteiger partial charge on any atom is -0.464 e. The molecule has 108 valence electrons. The van der Waals surface area contributed by atoms with E-state index in [1.165, 1.54) is 18.2 Å². The molecule has 0 aromatic heterocycles. The van der Waals surface area contributed by atoms with E-state index in [0.717, 1.165) is 0 Å². The number of hydrogen-bond acceptors (Lipinski definition) is 3. The number of hydrogen-bond donors (Lipinski definition) is 1. The molecule has 1 aliphatic heterocycles. The molecule has 1 fully saturated rings. The summed E-state index contributed by atoms with van der Waals surface area (Å²) in [5.41, 5.74) is -0.180. The molecule has 1 aliphatic rings. The smallest absolute Gasteiger partial charge is 0.329 e. The third kappa shape index (κ3) is 2.50. The molecule has 1 amide bonds. The maximum Gasteiger partial charge on any atom is 0.329 e. The number of ether oxygens (including phenoxy) is 1. The molecule has 1 aromatic carbocycles. The fourth-order valence-corrected chi connectivity index (χ4v) is 2.65. The molecular formula is C14H15ClFNO3. The van der Waals surface area contributed by atoms with Crippen LogP contribution in [0, 0.1) is 5.82 Å². The van der Waals surface area contributed by atoms with Gasteiger partial charge in [0.15, 0.2) is 0 Å².